The van der Waals surface area contributed by atoms with E-state index >= 15 is 0 Å². The molecule has 0 saturated heterocycles. The lowest BCUT2D eigenvalue weighted by Gasteiger charge is -2.09. The number of esters is 1. The van der Waals surface area contributed by atoms with Gasteiger partial charge in [-0.1, -0.05) is 0 Å². The number of benzene rings is 1. The van der Waals surface area contributed by atoms with E-state index in [1.54, 1.807) is 19.1 Å². The molecule has 0 aliphatic rings. The third kappa shape index (κ3) is 3.48. The minimum Gasteiger partial charge on any atom is -0.466 e. The quantitative estimate of drug-likeness (QED) is 0.626. The van der Waals surface area contributed by atoms with Crippen LogP contribution in [0.4, 0.5) is 0 Å². The summed E-state index contributed by atoms with van der Waals surface area (Å²) in [6, 6.07) is 5.38. The van der Waals surface area contributed by atoms with Gasteiger partial charge in [-0.25, -0.2) is 0 Å². The molecule has 0 heterocycles. The second-order valence-electron chi connectivity index (χ2n) is 3.44. The zero-order valence-electron chi connectivity index (χ0n) is 9.56. The number of ether oxygens (including phenoxy) is 1. The van der Waals surface area contributed by atoms with Gasteiger partial charge in [0.25, 0.3) is 0 Å². The molecule has 1 aromatic carbocycles. The summed E-state index contributed by atoms with van der Waals surface area (Å²) in [5.74, 6) is -0.321. The second-order valence-corrected chi connectivity index (χ2v) is 3.92. The first kappa shape index (κ1) is 13.6. The third-order valence-electron chi connectivity index (χ3n) is 2.30. The molecule has 5 heteroatoms. The molecule has 0 aliphatic heterocycles. The molecule has 0 fully saturated rings. The van der Waals surface area contributed by atoms with E-state index < -0.39 is 0 Å². The number of hydrogen-bond donors (Lipinski definition) is 2. The molecule has 17 heavy (non-hydrogen) atoms. The van der Waals surface area contributed by atoms with Gasteiger partial charge in [-0.15, -0.1) is 12.6 Å². The average Bonchev–Trinajstić information content (AvgIpc) is 2.31. The van der Waals surface area contributed by atoms with E-state index in [-0.39, 0.29) is 12.4 Å². The first-order valence-electron chi connectivity index (χ1n) is 5.22. The molecule has 0 bridgehead atoms. The molecule has 90 valence electrons. The number of nitrogens with zero attached hydrogens (tertiary/aromatic N) is 1. The first-order chi connectivity index (χ1) is 8.12. The second kappa shape index (κ2) is 6.28. The molecule has 0 atom stereocenters. The minimum absolute atomic E-state index is 0.128. The van der Waals surface area contributed by atoms with Crippen molar-refractivity contribution in [3.05, 3.63) is 28.8 Å². The lowest BCUT2D eigenvalue weighted by atomic mass is 10.0. The van der Waals surface area contributed by atoms with E-state index in [9.17, 15) is 4.79 Å². The monoisotopic (exact) mass is 250 g/mol. The maximum absolute atomic E-state index is 11.4. The Balaban J connectivity index is 3.05. The fourth-order valence-corrected chi connectivity index (χ4v) is 1.76. The van der Waals surface area contributed by atoms with Gasteiger partial charge in [0.1, 0.15) is 6.07 Å². The zero-order valence-corrected chi connectivity index (χ0v) is 10.5. The molecule has 0 unspecified atom stereocenters. The van der Waals surface area contributed by atoms with Crippen LogP contribution in [-0.4, -0.2) is 12.6 Å². The number of carbonyl (C=O) groups excluding carboxylic acids is 1. The topological polar surface area (TPSA) is 76.1 Å². The summed E-state index contributed by atoms with van der Waals surface area (Å²) in [5.41, 5.74) is 7.56. The van der Waals surface area contributed by atoms with Crippen molar-refractivity contribution >= 4 is 18.6 Å². The van der Waals surface area contributed by atoms with Crippen molar-refractivity contribution in [2.75, 3.05) is 6.61 Å². The summed E-state index contributed by atoms with van der Waals surface area (Å²) < 4.78 is 4.87. The zero-order chi connectivity index (χ0) is 12.8. The predicted molar refractivity (Wildman–Crippen MR) is 66.6 cm³/mol. The average molecular weight is 250 g/mol. The molecule has 1 aromatic rings. The van der Waals surface area contributed by atoms with E-state index in [0.717, 1.165) is 11.1 Å². The SMILES string of the molecule is CCOC(=O)Cc1cc(C#N)c(S)cc1CN. The molecule has 0 saturated carbocycles. The molecular weight excluding hydrogens is 236 g/mol. The van der Waals surface area contributed by atoms with Crippen molar-refractivity contribution in [3.8, 4) is 6.07 Å². The highest BCUT2D eigenvalue weighted by Gasteiger charge is 2.11. The Bertz CT molecular complexity index is 466. The number of rotatable bonds is 4. The molecule has 1 rings (SSSR count). The van der Waals surface area contributed by atoms with Gasteiger partial charge in [0.15, 0.2) is 0 Å². The van der Waals surface area contributed by atoms with Crippen LogP contribution in [0.2, 0.25) is 0 Å². The van der Waals surface area contributed by atoms with E-state index in [1.807, 2.05) is 6.07 Å². The summed E-state index contributed by atoms with van der Waals surface area (Å²) in [7, 11) is 0. The van der Waals surface area contributed by atoms with E-state index in [1.165, 1.54) is 0 Å². The van der Waals surface area contributed by atoms with Crippen LogP contribution in [-0.2, 0) is 22.5 Å². The highest BCUT2D eigenvalue weighted by molar-refractivity contribution is 7.80. The third-order valence-corrected chi connectivity index (χ3v) is 2.67. The normalized spacial score (nSPS) is 9.76. The van der Waals surface area contributed by atoms with Gasteiger partial charge in [0.2, 0.25) is 0 Å². The molecule has 0 aliphatic carbocycles. The van der Waals surface area contributed by atoms with Gasteiger partial charge in [-0.05, 0) is 30.2 Å². The van der Waals surface area contributed by atoms with Gasteiger partial charge in [-0.3, -0.25) is 4.79 Å². The standard InChI is InChI=1S/C12H14N2O2S/c1-2-16-12(15)5-8-3-10(7-14)11(17)4-9(8)6-13/h3-4,17H,2,5-6,13H2,1H3. The summed E-state index contributed by atoms with van der Waals surface area (Å²) in [6.45, 7) is 2.39. The van der Waals surface area contributed by atoms with Crippen LogP contribution in [0.15, 0.2) is 17.0 Å². The lowest BCUT2D eigenvalue weighted by Crippen LogP contribution is -2.11. The molecule has 0 aromatic heterocycles. The minimum atomic E-state index is -0.321. The fraction of sp³-hybridized carbons (Fsp3) is 0.333. The van der Waals surface area contributed by atoms with Crippen LogP contribution in [0.3, 0.4) is 0 Å². The van der Waals surface area contributed by atoms with Gasteiger partial charge in [0, 0.05) is 11.4 Å². The van der Waals surface area contributed by atoms with Crippen molar-refractivity contribution in [1.29, 1.82) is 5.26 Å². The van der Waals surface area contributed by atoms with Crippen LogP contribution >= 0.6 is 12.6 Å². The summed E-state index contributed by atoms with van der Waals surface area (Å²) in [5, 5.41) is 8.90. The largest absolute Gasteiger partial charge is 0.466 e. The maximum Gasteiger partial charge on any atom is 0.310 e. The fourth-order valence-electron chi connectivity index (χ4n) is 1.49. The lowest BCUT2D eigenvalue weighted by molar-refractivity contribution is -0.142. The summed E-state index contributed by atoms with van der Waals surface area (Å²) in [6.07, 6.45) is 0.128. The van der Waals surface area contributed by atoms with Crippen LogP contribution < -0.4 is 5.73 Å². The highest BCUT2D eigenvalue weighted by atomic mass is 32.1. The van der Waals surface area contributed by atoms with E-state index in [2.05, 4.69) is 12.6 Å². The van der Waals surface area contributed by atoms with Crippen LogP contribution in [0.5, 0.6) is 0 Å². The number of nitrogens with two attached hydrogens (primary N) is 1. The maximum atomic E-state index is 11.4. The van der Waals surface area contributed by atoms with Gasteiger partial charge in [0.05, 0.1) is 18.6 Å². The molecule has 0 radical (unpaired) electrons. The van der Waals surface area contributed by atoms with E-state index in [0.29, 0.717) is 23.6 Å². The van der Waals surface area contributed by atoms with Crippen molar-refractivity contribution in [3.63, 3.8) is 0 Å². The van der Waals surface area contributed by atoms with Gasteiger partial charge < -0.3 is 10.5 Å². The molecule has 2 N–H and O–H groups in total. The summed E-state index contributed by atoms with van der Waals surface area (Å²) in [4.78, 5) is 12.0. The van der Waals surface area contributed by atoms with Gasteiger partial charge in [-0.2, -0.15) is 5.26 Å². The molecule has 4 nitrogen and oxygen atoms in total. The Morgan fingerprint density at radius 3 is 2.76 bits per heavy atom. The Morgan fingerprint density at radius 2 is 2.24 bits per heavy atom. The Kier molecular flexibility index (Phi) is 5.01. The summed E-state index contributed by atoms with van der Waals surface area (Å²) >= 11 is 4.19. The van der Waals surface area contributed by atoms with Crippen molar-refractivity contribution in [2.45, 2.75) is 24.8 Å². The first-order valence-corrected chi connectivity index (χ1v) is 5.67. The number of thiol groups is 1. The number of carbonyl (C=O) groups is 1. The van der Waals surface area contributed by atoms with Gasteiger partial charge >= 0.3 is 5.97 Å². The van der Waals surface area contributed by atoms with Crippen LogP contribution in [0, 0.1) is 11.3 Å². The highest BCUT2D eigenvalue weighted by Crippen LogP contribution is 2.20. The van der Waals surface area contributed by atoms with Crippen LogP contribution in [0.1, 0.15) is 23.6 Å². The smallest absolute Gasteiger partial charge is 0.310 e. The Hall–Kier alpha value is -1.51. The van der Waals surface area contributed by atoms with Crippen molar-refractivity contribution < 1.29 is 9.53 Å². The molecule has 0 spiro atoms. The van der Waals surface area contributed by atoms with Crippen LogP contribution in [0.25, 0.3) is 0 Å². The van der Waals surface area contributed by atoms with Crippen molar-refractivity contribution in [2.24, 2.45) is 5.73 Å². The predicted octanol–water partition coefficient (Wildman–Crippen LogP) is 1.41. The van der Waals surface area contributed by atoms with E-state index in [4.69, 9.17) is 15.7 Å². The molecular formula is C12H14N2O2S. The number of nitriles is 1. The molecule has 0 amide bonds. The van der Waals surface area contributed by atoms with Crippen molar-refractivity contribution in [1.82, 2.24) is 0 Å². The number of hydrogen-bond acceptors (Lipinski definition) is 5. The Labute approximate surface area is 106 Å². The Morgan fingerprint density at radius 1 is 1.53 bits per heavy atom.